The van der Waals surface area contributed by atoms with Gasteiger partial charge in [-0.25, -0.2) is 0 Å². The average molecular weight is 575 g/mol. The second-order valence-electron chi connectivity index (χ2n) is 12.7. The summed E-state index contributed by atoms with van der Waals surface area (Å²) in [5.74, 6) is -2.36. The summed E-state index contributed by atoms with van der Waals surface area (Å²) in [6, 6.07) is 2.39. The molecule has 2 rings (SSSR count). The molecule has 0 amide bonds. The number of phenolic OH excluding ortho intramolecular Hbond substituents is 2. The summed E-state index contributed by atoms with van der Waals surface area (Å²) in [6.45, 7) is 2.29. The zero-order valence-corrected chi connectivity index (χ0v) is 26.4. The van der Waals surface area contributed by atoms with E-state index in [0.717, 1.165) is 25.3 Å². The normalized spacial score (nSPS) is 16.6. The Kier molecular flexibility index (Phi) is 18.9. The number of fused-ring (bicyclic) bond motifs is 1. The molecule has 0 aliphatic carbocycles. The van der Waals surface area contributed by atoms with Crippen LogP contribution in [-0.4, -0.2) is 26.9 Å². The zero-order chi connectivity index (χ0) is 29.6. The second-order valence-corrected chi connectivity index (χ2v) is 12.7. The van der Waals surface area contributed by atoms with Gasteiger partial charge in [0.05, 0.1) is 6.42 Å². The first-order valence-corrected chi connectivity index (χ1v) is 17.5. The fourth-order valence-electron chi connectivity index (χ4n) is 6.21. The number of aromatic hydroxyl groups is 2. The summed E-state index contributed by atoms with van der Waals surface area (Å²) < 4.78 is 5.62. The maximum atomic E-state index is 12.4. The van der Waals surface area contributed by atoms with E-state index in [-0.39, 0.29) is 35.0 Å². The molecule has 0 aromatic heterocycles. The highest BCUT2D eigenvalue weighted by Crippen LogP contribution is 2.41. The van der Waals surface area contributed by atoms with Gasteiger partial charge >= 0.3 is 0 Å². The molecule has 1 aromatic rings. The lowest BCUT2D eigenvalue weighted by atomic mass is 9.93. The van der Waals surface area contributed by atoms with E-state index in [4.69, 9.17) is 4.74 Å². The highest BCUT2D eigenvalue weighted by atomic mass is 16.6. The topological polar surface area (TPSA) is 87.0 Å². The molecule has 1 heterocycles. The molecule has 41 heavy (non-hydrogen) atoms. The third-order valence-electron chi connectivity index (χ3n) is 8.75. The van der Waals surface area contributed by atoms with E-state index >= 15 is 0 Å². The number of benzene rings is 1. The van der Waals surface area contributed by atoms with E-state index in [2.05, 4.69) is 6.92 Å². The maximum absolute atomic E-state index is 12.4. The summed E-state index contributed by atoms with van der Waals surface area (Å²) in [7, 11) is 0. The summed E-state index contributed by atoms with van der Waals surface area (Å²) in [5, 5.41) is 30.3. The van der Waals surface area contributed by atoms with Crippen molar-refractivity contribution in [3.05, 3.63) is 17.7 Å². The lowest BCUT2D eigenvalue weighted by molar-refractivity contribution is -0.145. The van der Waals surface area contributed by atoms with Gasteiger partial charge in [-0.2, -0.15) is 0 Å². The van der Waals surface area contributed by atoms with Gasteiger partial charge in [-0.1, -0.05) is 161 Å². The number of unbranched alkanes of at least 4 members (excludes halogenated alkanes) is 24. The van der Waals surface area contributed by atoms with Crippen LogP contribution in [0.3, 0.4) is 0 Å². The van der Waals surface area contributed by atoms with E-state index in [0.29, 0.717) is 6.42 Å². The van der Waals surface area contributed by atoms with Gasteiger partial charge in [0.1, 0.15) is 22.8 Å². The smallest absolute Gasteiger partial charge is 0.215 e. The molecule has 0 fully saturated rings. The van der Waals surface area contributed by atoms with Crippen molar-refractivity contribution in [3.8, 4) is 17.2 Å². The van der Waals surface area contributed by atoms with Crippen LogP contribution >= 0.6 is 0 Å². The number of Topliss-reactive ketones (excluding diaryl/α,β-unsaturated/α-hetero) is 1. The molecule has 0 unspecified atom stereocenters. The van der Waals surface area contributed by atoms with Crippen LogP contribution in [0.2, 0.25) is 0 Å². The van der Waals surface area contributed by atoms with Crippen LogP contribution in [-0.2, 0) is 0 Å². The summed E-state index contributed by atoms with van der Waals surface area (Å²) in [4.78, 5) is 12.4. The fourth-order valence-corrected chi connectivity index (χ4v) is 6.21. The van der Waals surface area contributed by atoms with Gasteiger partial charge in [-0.15, -0.1) is 0 Å². The van der Waals surface area contributed by atoms with Crippen molar-refractivity contribution in [2.24, 2.45) is 0 Å². The Balaban J connectivity index is 1.30. The molecule has 0 saturated carbocycles. The van der Waals surface area contributed by atoms with Gasteiger partial charge in [0.2, 0.25) is 5.79 Å². The summed E-state index contributed by atoms with van der Waals surface area (Å²) in [6.07, 6.45) is 33.9. The molecule has 0 radical (unpaired) electrons. The zero-order valence-electron chi connectivity index (χ0n) is 26.4. The van der Waals surface area contributed by atoms with Crippen molar-refractivity contribution in [1.82, 2.24) is 0 Å². The van der Waals surface area contributed by atoms with Gasteiger partial charge in [-0.3, -0.25) is 4.79 Å². The standard InChI is InChI=1S/C36H62O5/c1-2-3-4-5-6-7-8-9-10-11-12-13-14-15-16-17-18-19-20-21-22-23-24-25-26-27-36(40)30-33(39)35-32(38)28-31(37)29-34(35)41-36/h28-29,37-38,40H,2-27,30H2,1H3/t36-/m0/s1. The first-order valence-electron chi connectivity index (χ1n) is 17.5. The number of hydrogen-bond donors (Lipinski definition) is 3. The molecule has 5 nitrogen and oxygen atoms in total. The van der Waals surface area contributed by atoms with E-state index in [1.54, 1.807) is 0 Å². The van der Waals surface area contributed by atoms with Crippen LogP contribution in [0.1, 0.15) is 191 Å². The van der Waals surface area contributed by atoms with Crippen molar-refractivity contribution < 1.29 is 24.9 Å². The first kappa shape index (κ1) is 35.4. The SMILES string of the molecule is CCCCCCCCCCCCCCCCCCCCCCCCCCC[C@@]1(O)CC(=O)c2c(O)cc(O)cc2O1. The van der Waals surface area contributed by atoms with E-state index in [1.807, 2.05) is 0 Å². The van der Waals surface area contributed by atoms with E-state index in [9.17, 15) is 20.1 Å². The Bertz CT molecular complexity index is 822. The number of carbonyl (C=O) groups is 1. The predicted octanol–water partition coefficient (Wildman–Crippen LogP) is 10.9. The minimum absolute atomic E-state index is 0.0438. The maximum Gasteiger partial charge on any atom is 0.215 e. The van der Waals surface area contributed by atoms with Gasteiger partial charge in [-0.05, 0) is 6.42 Å². The largest absolute Gasteiger partial charge is 0.508 e. The predicted molar refractivity (Wildman–Crippen MR) is 170 cm³/mol. The molecule has 236 valence electrons. The molecule has 0 spiro atoms. The molecule has 0 saturated heterocycles. The van der Waals surface area contributed by atoms with E-state index in [1.165, 1.54) is 147 Å². The minimum Gasteiger partial charge on any atom is -0.508 e. The molecule has 1 aliphatic rings. The first-order chi connectivity index (χ1) is 19.9. The van der Waals surface area contributed by atoms with Crippen molar-refractivity contribution in [3.63, 3.8) is 0 Å². The third kappa shape index (κ3) is 15.9. The number of aliphatic hydroxyl groups is 1. The number of ether oxygens (including phenoxy) is 1. The molecule has 1 aromatic carbocycles. The van der Waals surface area contributed by atoms with Crippen LogP contribution in [0.25, 0.3) is 0 Å². The van der Waals surface area contributed by atoms with Crippen molar-refractivity contribution in [1.29, 1.82) is 0 Å². The highest BCUT2D eigenvalue weighted by Gasteiger charge is 2.40. The molecular weight excluding hydrogens is 512 g/mol. The molecule has 1 aliphatic heterocycles. The molecular formula is C36H62O5. The number of ketones is 1. The molecule has 3 N–H and O–H groups in total. The lowest BCUT2D eigenvalue weighted by Crippen LogP contribution is -2.41. The molecule has 0 bridgehead atoms. The lowest BCUT2D eigenvalue weighted by Gasteiger charge is -2.33. The Labute approximate surface area is 251 Å². The monoisotopic (exact) mass is 574 g/mol. The Morgan fingerprint density at radius 1 is 0.610 bits per heavy atom. The van der Waals surface area contributed by atoms with Gasteiger partial charge < -0.3 is 20.1 Å². The second kappa shape index (κ2) is 21.9. The molecule has 1 atom stereocenters. The van der Waals surface area contributed by atoms with Gasteiger partial charge in [0, 0.05) is 18.6 Å². The van der Waals surface area contributed by atoms with Crippen LogP contribution in [0.15, 0.2) is 12.1 Å². The third-order valence-corrected chi connectivity index (χ3v) is 8.75. The summed E-state index contributed by atoms with van der Waals surface area (Å²) >= 11 is 0. The van der Waals surface area contributed by atoms with Crippen LogP contribution in [0.5, 0.6) is 17.2 Å². The number of phenols is 2. The quantitative estimate of drug-likeness (QED) is 0.0958. The van der Waals surface area contributed by atoms with Crippen molar-refractivity contribution >= 4 is 5.78 Å². The number of hydrogen-bond acceptors (Lipinski definition) is 5. The summed E-state index contributed by atoms with van der Waals surface area (Å²) in [5.41, 5.74) is 0.0438. The van der Waals surface area contributed by atoms with Gasteiger partial charge in [0.15, 0.2) is 5.78 Å². The van der Waals surface area contributed by atoms with Crippen molar-refractivity contribution in [2.45, 2.75) is 186 Å². The van der Waals surface area contributed by atoms with Crippen LogP contribution in [0.4, 0.5) is 0 Å². The Hall–Kier alpha value is -1.75. The van der Waals surface area contributed by atoms with Crippen molar-refractivity contribution in [2.75, 3.05) is 0 Å². The Morgan fingerprint density at radius 2 is 0.976 bits per heavy atom. The van der Waals surface area contributed by atoms with Crippen LogP contribution in [0, 0.1) is 0 Å². The highest BCUT2D eigenvalue weighted by molar-refractivity contribution is 6.02. The number of carbonyl (C=O) groups excluding carboxylic acids is 1. The van der Waals surface area contributed by atoms with Crippen LogP contribution < -0.4 is 4.74 Å². The minimum atomic E-state index is -1.56. The Morgan fingerprint density at radius 3 is 1.37 bits per heavy atom. The fraction of sp³-hybridized carbons (Fsp3) is 0.806. The van der Waals surface area contributed by atoms with E-state index < -0.39 is 5.79 Å². The average Bonchev–Trinajstić information content (AvgIpc) is 2.92. The molecule has 5 heteroatoms. The number of rotatable bonds is 26. The van der Waals surface area contributed by atoms with Gasteiger partial charge in [0.25, 0.3) is 0 Å².